The molecule has 1 saturated heterocycles. The molecule has 2 atom stereocenters. The molecular formula is C16H20N2O3. The lowest BCUT2D eigenvalue weighted by atomic mass is 10.1. The van der Waals surface area contributed by atoms with E-state index in [4.69, 9.17) is 9.84 Å². The summed E-state index contributed by atoms with van der Waals surface area (Å²) in [4.78, 5) is 11.9. The van der Waals surface area contributed by atoms with Crippen LogP contribution in [0.15, 0.2) is 24.3 Å². The fourth-order valence-electron chi connectivity index (χ4n) is 2.18. The van der Waals surface area contributed by atoms with Gasteiger partial charge in [0.25, 0.3) is 0 Å². The molecular weight excluding hydrogens is 268 g/mol. The van der Waals surface area contributed by atoms with E-state index >= 15 is 0 Å². The minimum absolute atomic E-state index is 0.0963. The summed E-state index contributed by atoms with van der Waals surface area (Å²) in [5.74, 6) is 5.47. The van der Waals surface area contributed by atoms with Gasteiger partial charge in [0.15, 0.2) is 0 Å². The molecule has 1 heterocycles. The average molecular weight is 288 g/mol. The Bertz CT molecular complexity index is 542. The van der Waals surface area contributed by atoms with Crippen molar-refractivity contribution in [3.63, 3.8) is 0 Å². The predicted octanol–water partition coefficient (Wildman–Crippen LogP) is 1.18. The maximum atomic E-state index is 11.9. The van der Waals surface area contributed by atoms with Crippen molar-refractivity contribution in [3.8, 4) is 11.8 Å². The fraction of sp³-hybridized carbons (Fsp3) is 0.438. The zero-order valence-electron chi connectivity index (χ0n) is 12.1. The van der Waals surface area contributed by atoms with Gasteiger partial charge in [0, 0.05) is 12.2 Å². The summed E-state index contributed by atoms with van der Waals surface area (Å²) in [5.41, 5.74) is 1.79. The van der Waals surface area contributed by atoms with E-state index < -0.39 is 0 Å². The zero-order chi connectivity index (χ0) is 15.1. The number of amides is 2. The minimum atomic E-state index is -0.190. The number of hydrogen-bond donors (Lipinski definition) is 3. The summed E-state index contributed by atoms with van der Waals surface area (Å²) in [7, 11) is 0. The van der Waals surface area contributed by atoms with Gasteiger partial charge in [0.1, 0.15) is 6.61 Å². The van der Waals surface area contributed by atoms with Crippen LogP contribution in [0.4, 0.5) is 4.79 Å². The highest BCUT2D eigenvalue weighted by molar-refractivity contribution is 5.74. The van der Waals surface area contributed by atoms with E-state index in [1.54, 1.807) is 0 Å². The van der Waals surface area contributed by atoms with Crippen molar-refractivity contribution in [2.45, 2.75) is 25.4 Å². The molecule has 1 fully saturated rings. The monoisotopic (exact) mass is 288 g/mol. The first-order chi connectivity index (χ1) is 10.2. The SMILES string of the molecule is CC(NC(=O)NC1CCOC1)c1cccc(C#CCO)c1. The van der Waals surface area contributed by atoms with Crippen LogP contribution >= 0.6 is 0 Å². The summed E-state index contributed by atoms with van der Waals surface area (Å²) in [5, 5.41) is 14.5. The molecule has 1 aromatic rings. The van der Waals surface area contributed by atoms with Crippen LogP contribution in [-0.4, -0.2) is 37.0 Å². The van der Waals surface area contributed by atoms with Gasteiger partial charge < -0.3 is 20.5 Å². The summed E-state index contributed by atoms with van der Waals surface area (Å²) < 4.78 is 5.22. The molecule has 5 heteroatoms. The van der Waals surface area contributed by atoms with E-state index in [1.807, 2.05) is 31.2 Å². The number of aliphatic hydroxyl groups is 1. The van der Waals surface area contributed by atoms with Crippen LogP contribution < -0.4 is 10.6 Å². The van der Waals surface area contributed by atoms with Gasteiger partial charge >= 0.3 is 6.03 Å². The first-order valence-corrected chi connectivity index (χ1v) is 7.03. The normalized spacial score (nSPS) is 18.5. The van der Waals surface area contributed by atoms with Gasteiger partial charge in [-0.25, -0.2) is 4.79 Å². The van der Waals surface area contributed by atoms with Gasteiger partial charge in [-0.1, -0.05) is 24.0 Å². The van der Waals surface area contributed by atoms with E-state index in [2.05, 4.69) is 22.5 Å². The Balaban J connectivity index is 1.92. The van der Waals surface area contributed by atoms with Crippen LogP contribution in [0.3, 0.4) is 0 Å². The van der Waals surface area contributed by atoms with Crippen LogP contribution in [0.2, 0.25) is 0 Å². The lowest BCUT2D eigenvalue weighted by molar-refractivity contribution is 0.188. The second-order valence-corrected chi connectivity index (χ2v) is 4.99. The van der Waals surface area contributed by atoms with Crippen molar-refractivity contribution in [1.82, 2.24) is 10.6 Å². The first-order valence-electron chi connectivity index (χ1n) is 7.03. The topological polar surface area (TPSA) is 70.6 Å². The molecule has 0 bridgehead atoms. The zero-order valence-corrected chi connectivity index (χ0v) is 12.1. The Morgan fingerprint density at radius 2 is 2.43 bits per heavy atom. The number of carbonyl (C=O) groups excluding carboxylic acids is 1. The smallest absolute Gasteiger partial charge is 0.315 e. The Kier molecular flexibility index (Phi) is 5.61. The number of nitrogens with one attached hydrogen (secondary N) is 2. The van der Waals surface area contributed by atoms with E-state index in [0.29, 0.717) is 13.2 Å². The van der Waals surface area contributed by atoms with Crippen molar-refractivity contribution < 1.29 is 14.6 Å². The largest absolute Gasteiger partial charge is 0.384 e. The fourth-order valence-corrected chi connectivity index (χ4v) is 2.18. The lowest BCUT2D eigenvalue weighted by Gasteiger charge is -2.17. The quantitative estimate of drug-likeness (QED) is 0.731. The molecule has 1 aliphatic rings. The molecule has 0 aliphatic carbocycles. The Hall–Kier alpha value is -2.03. The molecule has 0 saturated carbocycles. The molecule has 0 spiro atoms. The van der Waals surface area contributed by atoms with Crippen molar-refractivity contribution in [1.29, 1.82) is 0 Å². The Morgan fingerprint density at radius 3 is 3.14 bits per heavy atom. The summed E-state index contributed by atoms with van der Waals surface area (Å²) in [6.07, 6.45) is 0.855. The molecule has 21 heavy (non-hydrogen) atoms. The highest BCUT2D eigenvalue weighted by atomic mass is 16.5. The Morgan fingerprint density at radius 1 is 1.57 bits per heavy atom. The Labute approximate surface area is 124 Å². The van der Waals surface area contributed by atoms with Crippen molar-refractivity contribution in [2.24, 2.45) is 0 Å². The van der Waals surface area contributed by atoms with Crippen LogP contribution in [0.5, 0.6) is 0 Å². The third-order valence-corrected chi connectivity index (χ3v) is 3.31. The number of carbonyl (C=O) groups is 1. The molecule has 1 aromatic carbocycles. The number of hydrogen-bond acceptors (Lipinski definition) is 3. The number of aliphatic hydroxyl groups excluding tert-OH is 1. The third-order valence-electron chi connectivity index (χ3n) is 3.31. The number of urea groups is 1. The second-order valence-electron chi connectivity index (χ2n) is 4.99. The van der Waals surface area contributed by atoms with Gasteiger partial charge in [0.05, 0.1) is 18.7 Å². The van der Waals surface area contributed by atoms with Gasteiger partial charge in [-0.15, -0.1) is 0 Å². The van der Waals surface area contributed by atoms with E-state index in [1.165, 1.54) is 0 Å². The molecule has 112 valence electrons. The highest BCUT2D eigenvalue weighted by Crippen LogP contribution is 2.14. The molecule has 5 nitrogen and oxygen atoms in total. The van der Waals surface area contributed by atoms with Crippen molar-refractivity contribution >= 4 is 6.03 Å². The van der Waals surface area contributed by atoms with Gasteiger partial charge in [-0.05, 0) is 31.0 Å². The molecule has 2 unspecified atom stereocenters. The van der Waals surface area contributed by atoms with Gasteiger partial charge in [-0.3, -0.25) is 0 Å². The molecule has 0 aromatic heterocycles. The number of ether oxygens (including phenoxy) is 1. The molecule has 2 amide bonds. The molecule has 0 radical (unpaired) electrons. The predicted molar refractivity (Wildman–Crippen MR) is 79.7 cm³/mol. The first kappa shape index (κ1) is 15.4. The molecule has 2 rings (SSSR count). The third kappa shape index (κ3) is 4.78. The highest BCUT2D eigenvalue weighted by Gasteiger charge is 2.18. The maximum Gasteiger partial charge on any atom is 0.315 e. The van der Waals surface area contributed by atoms with Crippen LogP contribution in [0.1, 0.15) is 30.5 Å². The van der Waals surface area contributed by atoms with Crippen LogP contribution in [-0.2, 0) is 4.74 Å². The molecule has 1 aliphatic heterocycles. The number of rotatable bonds is 3. The summed E-state index contributed by atoms with van der Waals surface area (Å²) >= 11 is 0. The van der Waals surface area contributed by atoms with Crippen LogP contribution in [0.25, 0.3) is 0 Å². The van der Waals surface area contributed by atoms with Crippen molar-refractivity contribution in [2.75, 3.05) is 19.8 Å². The maximum absolute atomic E-state index is 11.9. The summed E-state index contributed by atoms with van der Waals surface area (Å²) in [6, 6.07) is 7.39. The van der Waals surface area contributed by atoms with E-state index in [-0.39, 0.29) is 24.7 Å². The van der Waals surface area contributed by atoms with Gasteiger partial charge in [0.2, 0.25) is 0 Å². The average Bonchev–Trinajstić information content (AvgIpc) is 2.98. The molecule has 3 N–H and O–H groups in total. The standard InChI is InChI=1S/C16H20N2O3/c1-12(17-16(20)18-15-7-9-21-11-15)14-6-2-4-13(10-14)5-3-8-19/h2,4,6,10,12,15,19H,7-9,11H2,1H3,(H2,17,18,20). The van der Waals surface area contributed by atoms with E-state index in [9.17, 15) is 4.79 Å². The van der Waals surface area contributed by atoms with Crippen LogP contribution in [0, 0.1) is 11.8 Å². The van der Waals surface area contributed by atoms with Gasteiger partial charge in [-0.2, -0.15) is 0 Å². The number of benzene rings is 1. The minimum Gasteiger partial charge on any atom is -0.384 e. The van der Waals surface area contributed by atoms with E-state index in [0.717, 1.165) is 17.5 Å². The second kappa shape index (κ2) is 7.67. The summed E-state index contributed by atoms with van der Waals surface area (Å²) in [6.45, 7) is 3.04. The van der Waals surface area contributed by atoms with Crippen molar-refractivity contribution in [3.05, 3.63) is 35.4 Å². The lowest BCUT2D eigenvalue weighted by Crippen LogP contribution is -2.43.